The van der Waals surface area contributed by atoms with Gasteiger partial charge in [-0.1, -0.05) is 38.6 Å². The van der Waals surface area contributed by atoms with E-state index in [1.54, 1.807) is 30.3 Å². The van der Waals surface area contributed by atoms with Crippen LogP contribution in [0.1, 0.15) is 26.7 Å². The molecule has 0 atom stereocenters. The van der Waals surface area contributed by atoms with Crippen LogP contribution in [0.25, 0.3) is 0 Å². The second-order valence-corrected chi connectivity index (χ2v) is 4.88. The zero-order valence-corrected chi connectivity index (χ0v) is 12.2. The normalized spacial score (nSPS) is 16.1. The topological polar surface area (TPSA) is 57.7 Å². The molecule has 0 unspecified atom stereocenters. The molecule has 1 aromatic carbocycles. The van der Waals surface area contributed by atoms with Crippen molar-refractivity contribution in [2.24, 2.45) is 0 Å². The number of amides is 4. The number of para-hydroxylation sites is 1. The summed E-state index contributed by atoms with van der Waals surface area (Å²) in [6.07, 6.45) is 1.27. The Kier molecular flexibility index (Phi) is 4.21. The summed E-state index contributed by atoms with van der Waals surface area (Å²) in [5.41, 5.74) is 0.266. The molecule has 4 amide bonds. The van der Waals surface area contributed by atoms with E-state index in [0.29, 0.717) is 18.5 Å². The van der Waals surface area contributed by atoms with Gasteiger partial charge in [-0.05, 0) is 25.0 Å². The highest BCUT2D eigenvalue weighted by Gasteiger charge is 2.43. The van der Waals surface area contributed by atoms with Crippen molar-refractivity contribution < 1.29 is 14.4 Å². The van der Waals surface area contributed by atoms with Gasteiger partial charge < -0.3 is 0 Å². The average molecular weight is 286 g/mol. The van der Waals surface area contributed by atoms with E-state index in [1.165, 1.54) is 0 Å². The monoisotopic (exact) mass is 286 g/mol. The molecule has 21 heavy (non-hydrogen) atoms. The maximum Gasteiger partial charge on any atom is 0.338 e. The fourth-order valence-corrected chi connectivity index (χ4v) is 2.43. The van der Waals surface area contributed by atoms with Gasteiger partial charge in [-0.25, -0.2) is 9.69 Å². The summed E-state index contributed by atoms with van der Waals surface area (Å²) in [6, 6.07) is 7.74. The van der Waals surface area contributed by atoms with Gasteiger partial charge in [0.1, 0.15) is 0 Å². The number of barbiturate groups is 1. The lowest BCUT2D eigenvalue weighted by Gasteiger charge is -2.37. The van der Waals surface area contributed by atoms with Crippen LogP contribution < -0.4 is 4.90 Å². The lowest BCUT2D eigenvalue weighted by atomic mass is 10.1. The number of rotatable bonds is 4. The molecule has 1 aromatic rings. The van der Waals surface area contributed by atoms with E-state index < -0.39 is 17.8 Å². The first kappa shape index (κ1) is 15.0. The Bertz CT molecular complexity index is 591. The zero-order chi connectivity index (χ0) is 15.6. The molecule has 5 heteroatoms. The quantitative estimate of drug-likeness (QED) is 0.631. The van der Waals surface area contributed by atoms with Gasteiger partial charge >= 0.3 is 6.03 Å². The first-order valence-corrected chi connectivity index (χ1v) is 6.98. The molecule has 1 saturated heterocycles. The standard InChI is InChI=1S/C16H18N2O3/c1-4-12(5-2)17-14(19)11(3)15(20)18(16(17)21)13-9-7-6-8-10-13/h6-10,12H,3-5H2,1-2H3. The third kappa shape index (κ3) is 2.46. The number of anilines is 1. The Balaban J connectivity index is 2.47. The molecule has 0 radical (unpaired) electrons. The predicted molar refractivity (Wildman–Crippen MR) is 79.7 cm³/mol. The SMILES string of the molecule is C=C1C(=O)N(c2ccccc2)C(=O)N(C(CC)CC)C1=O. The van der Waals surface area contributed by atoms with E-state index in [0.717, 1.165) is 9.80 Å². The van der Waals surface area contributed by atoms with E-state index >= 15 is 0 Å². The first-order chi connectivity index (χ1) is 10.0. The highest BCUT2D eigenvalue weighted by Crippen LogP contribution is 2.26. The number of hydrogen-bond donors (Lipinski definition) is 0. The Morgan fingerprint density at radius 1 is 1.00 bits per heavy atom. The molecule has 5 nitrogen and oxygen atoms in total. The minimum atomic E-state index is -0.654. The molecule has 1 heterocycles. The van der Waals surface area contributed by atoms with Crippen molar-refractivity contribution in [3.63, 3.8) is 0 Å². The summed E-state index contributed by atoms with van der Waals surface area (Å²) in [4.78, 5) is 39.3. The molecule has 2 rings (SSSR count). The van der Waals surface area contributed by atoms with Crippen LogP contribution in [0.5, 0.6) is 0 Å². The van der Waals surface area contributed by atoms with Crippen molar-refractivity contribution in [3.05, 3.63) is 42.5 Å². The van der Waals surface area contributed by atoms with E-state index in [-0.39, 0.29) is 11.6 Å². The summed E-state index contributed by atoms with van der Waals surface area (Å²) >= 11 is 0. The molecule has 1 aliphatic rings. The van der Waals surface area contributed by atoms with Crippen molar-refractivity contribution in [3.8, 4) is 0 Å². The molecule has 0 aliphatic carbocycles. The van der Waals surface area contributed by atoms with Gasteiger partial charge in [-0.3, -0.25) is 14.5 Å². The second-order valence-electron chi connectivity index (χ2n) is 4.88. The van der Waals surface area contributed by atoms with Gasteiger partial charge in [-0.15, -0.1) is 0 Å². The summed E-state index contributed by atoms with van der Waals surface area (Å²) in [6.45, 7) is 7.36. The molecule has 0 saturated carbocycles. The van der Waals surface area contributed by atoms with E-state index in [9.17, 15) is 14.4 Å². The van der Waals surface area contributed by atoms with E-state index in [2.05, 4.69) is 6.58 Å². The van der Waals surface area contributed by atoms with Crippen LogP contribution in [0, 0.1) is 0 Å². The molecule has 0 aromatic heterocycles. The molecule has 1 fully saturated rings. The van der Waals surface area contributed by atoms with Crippen molar-refractivity contribution in [1.82, 2.24) is 4.90 Å². The van der Waals surface area contributed by atoms with Crippen molar-refractivity contribution >= 4 is 23.5 Å². The van der Waals surface area contributed by atoms with E-state index in [1.807, 2.05) is 13.8 Å². The van der Waals surface area contributed by atoms with Gasteiger partial charge in [0.2, 0.25) is 0 Å². The maximum atomic E-state index is 12.6. The van der Waals surface area contributed by atoms with Crippen molar-refractivity contribution in [1.29, 1.82) is 0 Å². The summed E-state index contributed by atoms with van der Waals surface area (Å²) < 4.78 is 0. The number of nitrogens with zero attached hydrogens (tertiary/aromatic N) is 2. The molecular weight excluding hydrogens is 268 g/mol. The van der Waals surface area contributed by atoms with Gasteiger partial charge in [0, 0.05) is 6.04 Å². The lowest BCUT2D eigenvalue weighted by Crippen LogP contribution is -2.59. The molecule has 0 spiro atoms. The average Bonchev–Trinajstić information content (AvgIpc) is 2.50. The fourth-order valence-electron chi connectivity index (χ4n) is 2.43. The summed E-state index contributed by atoms with van der Waals surface area (Å²) in [5, 5.41) is 0. The Hall–Kier alpha value is -2.43. The number of hydrogen-bond acceptors (Lipinski definition) is 3. The largest absolute Gasteiger partial charge is 0.338 e. The second kappa shape index (κ2) is 5.91. The number of urea groups is 1. The predicted octanol–water partition coefficient (Wildman–Crippen LogP) is 2.73. The number of carbonyl (C=O) groups excluding carboxylic acids is 3. The van der Waals surface area contributed by atoms with Crippen LogP contribution in [-0.4, -0.2) is 28.8 Å². The summed E-state index contributed by atoms with van der Waals surface area (Å²) in [7, 11) is 0. The van der Waals surface area contributed by atoms with Crippen LogP contribution >= 0.6 is 0 Å². The first-order valence-electron chi connectivity index (χ1n) is 6.98. The lowest BCUT2D eigenvalue weighted by molar-refractivity contribution is -0.130. The van der Waals surface area contributed by atoms with Crippen LogP contribution in [0.15, 0.2) is 42.5 Å². The van der Waals surface area contributed by atoms with Crippen LogP contribution in [-0.2, 0) is 9.59 Å². The third-order valence-corrected chi connectivity index (χ3v) is 3.66. The highest BCUT2D eigenvalue weighted by molar-refractivity contribution is 6.37. The number of carbonyl (C=O) groups is 3. The number of imide groups is 2. The Morgan fingerprint density at radius 3 is 2.10 bits per heavy atom. The van der Waals surface area contributed by atoms with Crippen molar-refractivity contribution in [2.75, 3.05) is 4.90 Å². The summed E-state index contributed by atoms with van der Waals surface area (Å²) in [5.74, 6) is -1.25. The number of benzene rings is 1. The Labute approximate surface area is 123 Å². The van der Waals surface area contributed by atoms with Gasteiger partial charge in [0.25, 0.3) is 11.8 Å². The van der Waals surface area contributed by atoms with Crippen molar-refractivity contribution in [2.45, 2.75) is 32.7 Å². The molecule has 0 N–H and O–H groups in total. The third-order valence-electron chi connectivity index (χ3n) is 3.66. The fraction of sp³-hybridized carbons (Fsp3) is 0.312. The Morgan fingerprint density at radius 2 is 1.57 bits per heavy atom. The van der Waals surface area contributed by atoms with Gasteiger partial charge in [-0.2, -0.15) is 0 Å². The van der Waals surface area contributed by atoms with Crippen LogP contribution in [0.3, 0.4) is 0 Å². The molecule has 0 bridgehead atoms. The van der Waals surface area contributed by atoms with Gasteiger partial charge in [0.15, 0.2) is 0 Å². The van der Waals surface area contributed by atoms with Crippen LogP contribution in [0.2, 0.25) is 0 Å². The minimum Gasteiger partial charge on any atom is -0.268 e. The maximum absolute atomic E-state index is 12.6. The smallest absolute Gasteiger partial charge is 0.268 e. The minimum absolute atomic E-state index is 0.176. The molecule has 1 aliphatic heterocycles. The van der Waals surface area contributed by atoms with E-state index in [4.69, 9.17) is 0 Å². The van der Waals surface area contributed by atoms with Crippen LogP contribution in [0.4, 0.5) is 10.5 Å². The highest BCUT2D eigenvalue weighted by atomic mass is 16.2. The molecular formula is C16H18N2O3. The molecule has 110 valence electrons. The van der Waals surface area contributed by atoms with Gasteiger partial charge in [0.05, 0.1) is 11.3 Å². The zero-order valence-electron chi connectivity index (χ0n) is 12.2.